The number of hydrogen-bond acceptors (Lipinski definition) is 6. The van der Waals surface area contributed by atoms with Crippen LogP contribution in [0.1, 0.15) is 0 Å². The molecule has 6 fully saturated rings. The van der Waals surface area contributed by atoms with Crippen molar-refractivity contribution in [3.8, 4) is 0 Å². The lowest BCUT2D eigenvalue weighted by Crippen LogP contribution is -2.66. The maximum atomic E-state index is 13.5. The van der Waals surface area contributed by atoms with Gasteiger partial charge in [0.25, 0.3) is 0 Å². The van der Waals surface area contributed by atoms with Crippen LogP contribution in [0.25, 0.3) is 0 Å². The first-order chi connectivity index (χ1) is 13.5. The summed E-state index contributed by atoms with van der Waals surface area (Å²) in [6.07, 6.45) is 7.13. The molecule has 0 spiro atoms. The number of ether oxygens (including phenoxy) is 2. The van der Waals surface area contributed by atoms with Crippen LogP contribution in [0.2, 0.25) is 0 Å². The van der Waals surface area contributed by atoms with Gasteiger partial charge in [0, 0.05) is 11.8 Å². The molecule has 144 valence electrons. The second kappa shape index (κ2) is 4.19. The number of esters is 2. The minimum atomic E-state index is -1.04. The van der Waals surface area contributed by atoms with Gasteiger partial charge in [0.1, 0.15) is 0 Å². The molecule has 0 aliphatic heterocycles. The van der Waals surface area contributed by atoms with Gasteiger partial charge < -0.3 is 9.47 Å². The molecular weight excluding hydrogens is 360 g/mol. The third kappa shape index (κ3) is 1.04. The number of carbonyl (C=O) groups is 4. The smallest absolute Gasteiger partial charge is 0.313 e. The molecule has 8 aliphatic carbocycles. The van der Waals surface area contributed by atoms with Crippen LogP contribution < -0.4 is 0 Å². The molecule has 6 saturated carbocycles. The van der Waals surface area contributed by atoms with E-state index in [2.05, 4.69) is 0 Å². The zero-order chi connectivity index (χ0) is 19.3. The summed E-state index contributed by atoms with van der Waals surface area (Å²) in [6, 6.07) is 0. The van der Waals surface area contributed by atoms with Crippen LogP contribution in [-0.2, 0) is 28.7 Å². The molecule has 28 heavy (non-hydrogen) atoms. The van der Waals surface area contributed by atoms with Gasteiger partial charge in [-0.2, -0.15) is 0 Å². The summed E-state index contributed by atoms with van der Waals surface area (Å²) in [5.41, 5.74) is -2.09. The summed E-state index contributed by atoms with van der Waals surface area (Å²) in [7, 11) is 2.73. The first-order valence-electron chi connectivity index (χ1n) is 10.1. The summed E-state index contributed by atoms with van der Waals surface area (Å²) in [6.45, 7) is 0. The van der Waals surface area contributed by atoms with E-state index in [0.29, 0.717) is 0 Å². The average molecular weight is 380 g/mol. The lowest BCUT2D eigenvalue weighted by Gasteiger charge is -2.56. The van der Waals surface area contributed by atoms with Crippen LogP contribution in [0.3, 0.4) is 0 Å². The maximum Gasteiger partial charge on any atom is 0.313 e. The summed E-state index contributed by atoms with van der Waals surface area (Å²) < 4.78 is 10.7. The minimum Gasteiger partial charge on any atom is -0.469 e. The average Bonchev–Trinajstić information content (AvgIpc) is 3.49. The van der Waals surface area contributed by atoms with E-state index in [1.54, 1.807) is 12.2 Å². The summed E-state index contributed by atoms with van der Waals surface area (Å²) in [4.78, 5) is 52.6. The summed E-state index contributed by atoms with van der Waals surface area (Å²) >= 11 is 0. The molecule has 0 unspecified atom stereocenters. The Labute approximate surface area is 161 Å². The van der Waals surface area contributed by atoms with E-state index in [-0.39, 0.29) is 82.7 Å². The van der Waals surface area contributed by atoms with E-state index in [1.807, 2.05) is 12.2 Å². The lowest BCUT2D eigenvalue weighted by molar-refractivity contribution is -0.206. The number of rotatable bonds is 2. The van der Waals surface area contributed by atoms with E-state index >= 15 is 0 Å². The number of allylic oxidation sites excluding steroid dienone is 4. The fourth-order valence-corrected chi connectivity index (χ4v) is 10.3. The lowest BCUT2D eigenvalue weighted by atomic mass is 9.43. The predicted octanol–water partition coefficient (Wildman–Crippen LogP) is 0.813. The Morgan fingerprint density at radius 2 is 1.14 bits per heavy atom. The fraction of sp³-hybridized carbons (Fsp3) is 0.636. The molecule has 0 radical (unpaired) electrons. The van der Waals surface area contributed by atoms with Crippen molar-refractivity contribution < 1.29 is 28.7 Å². The fourth-order valence-electron chi connectivity index (χ4n) is 10.3. The Morgan fingerprint density at radius 1 is 0.750 bits per heavy atom. The van der Waals surface area contributed by atoms with Crippen LogP contribution in [0.4, 0.5) is 0 Å². The normalized spacial score (nSPS) is 59.5. The highest BCUT2D eigenvalue weighted by atomic mass is 16.5. The number of methoxy groups -OCH3 is 2. The zero-order valence-corrected chi connectivity index (χ0v) is 15.5. The van der Waals surface area contributed by atoms with Crippen molar-refractivity contribution in [2.45, 2.75) is 0 Å². The third-order valence-electron chi connectivity index (χ3n) is 9.99. The number of ketones is 2. The van der Waals surface area contributed by atoms with Gasteiger partial charge in [-0.3, -0.25) is 19.2 Å². The van der Waals surface area contributed by atoms with Crippen molar-refractivity contribution in [2.24, 2.45) is 70.0 Å². The van der Waals surface area contributed by atoms with Crippen LogP contribution in [0.5, 0.6) is 0 Å². The molecule has 8 bridgehead atoms. The molecule has 6 heteroatoms. The van der Waals surface area contributed by atoms with Crippen LogP contribution in [0.15, 0.2) is 24.3 Å². The van der Waals surface area contributed by atoms with E-state index in [9.17, 15) is 19.2 Å². The Morgan fingerprint density at radius 3 is 1.50 bits per heavy atom. The number of hydrogen-bond donors (Lipinski definition) is 0. The second-order valence-corrected chi connectivity index (χ2v) is 9.71. The van der Waals surface area contributed by atoms with Gasteiger partial charge in [-0.15, -0.1) is 0 Å². The predicted molar refractivity (Wildman–Crippen MR) is 92.1 cm³/mol. The van der Waals surface area contributed by atoms with Gasteiger partial charge >= 0.3 is 11.9 Å². The highest BCUT2D eigenvalue weighted by Crippen LogP contribution is 2.96. The zero-order valence-electron chi connectivity index (χ0n) is 15.5. The van der Waals surface area contributed by atoms with Crippen molar-refractivity contribution in [1.29, 1.82) is 0 Å². The van der Waals surface area contributed by atoms with Gasteiger partial charge in [0.05, 0.1) is 25.0 Å². The highest BCUT2D eigenvalue weighted by molar-refractivity contribution is 6.03. The molecule has 0 amide bonds. The van der Waals surface area contributed by atoms with E-state index < -0.39 is 10.8 Å². The van der Waals surface area contributed by atoms with Crippen molar-refractivity contribution in [1.82, 2.24) is 0 Å². The molecule has 0 heterocycles. The molecule has 0 saturated heterocycles. The van der Waals surface area contributed by atoms with Gasteiger partial charge in [0.15, 0.2) is 11.6 Å². The Kier molecular flexibility index (Phi) is 2.34. The highest BCUT2D eigenvalue weighted by Gasteiger charge is 3.01. The molecule has 6 nitrogen and oxygen atoms in total. The molecule has 8 rings (SSSR count). The number of fused-ring (bicyclic) bond motifs is 2. The van der Waals surface area contributed by atoms with E-state index in [0.717, 1.165) is 0 Å². The largest absolute Gasteiger partial charge is 0.469 e. The summed E-state index contributed by atoms with van der Waals surface area (Å²) in [5.74, 6) is -1.53. The Bertz CT molecular complexity index is 900. The molecule has 8 aliphatic rings. The SMILES string of the molecule is COC(=O)[C@]12[C@@H]3[C@H]4C(=O)C=C[C@H]4[C@@H]4[C@@H]3[C@H]3[C@@H]1[C@@H]1C=CC(=O)[C@@H]1[C@@H]3[C@@]42C(=O)OC. The van der Waals surface area contributed by atoms with Crippen molar-refractivity contribution in [3.63, 3.8) is 0 Å². The van der Waals surface area contributed by atoms with Crippen molar-refractivity contribution in [3.05, 3.63) is 24.3 Å². The topological polar surface area (TPSA) is 86.7 Å². The summed E-state index contributed by atoms with van der Waals surface area (Å²) in [5, 5.41) is 0. The Hall–Kier alpha value is -2.24. The quantitative estimate of drug-likeness (QED) is 0.659. The van der Waals surface area contributed by atoms with E-state index in [4.69, 9.17) is 9.47 Å². The number of carbonyl (C=O) groups excluding carboxylic acids is 4. The van der Waals surface area contributed by atoms with Crippen molar-refractivity contribution >= 4 is 23.5 Å². The first-order valence-corrected chi connectivity index (χ1v) is 10.1. The molecular formula is C22H20O6. The van der Waals surface area contributed by atoms with Gasteiger partial charge in [-0.1, -0.05) is 12.2 Å². The van der Waals surface area contributed by atoms with Crippen LogP contribution >= 0.6 is 0 Å². The minimum absolute atomic E-state index is 0.0335. The first kappa shape index (κ1) is 15.7. The van der Waals surface area contributed by atoms with E-state index in [1.165, 1.54) is 14.2 Å². The monoisotopic (exact) mass is 380 g/mol. The molecule has 0 N–H and O–H groups in total. The van der Waals surface area contributed by atoms with Crippen LogP contribution in [0, 0.1) is 70.0 Å². The molecule has 0 aromatic heterocycles. The molecule has 0 aromatic carbocycles. The molecule has 12 atom stereocenters. The van der Waals surface area contributed by atoms with Gasteiger partial charge in [-0.05, 0) is 59.5 Å². The van der Waals surface area contributed by atoms with Crippen LogP contribution in [-0.4, -0.2) is 37.7 Å². The molecule has 0 aromatic rings. The van der Waals surface area contributed by atoms with Gasteiger partial charge in [0.2, 0.25) is 0 Å². The second-order valence-electron chi connectivity index (χ2n) is 9.71. The van der Waals surface area contributed by atoms with Gasteiger partial charge in [-0.25, -0.2) is 0 Å². The standard InChI is InChI=1S/C22H20O6/c1-27-19(25)21-15-7-3-5-10(24)12(7)18-13(15)14-16(22(18,21)20(26)28-2)8-4-6-9(23)11(8)17(14)21/h3-8,11-18H,1-2H3/t7-,8-,11-,12-,13+,14+,15-,16+,17+,18-,21-,22-/m1/s1. The third-order valence-corrected chi connectivity index (χ3v) is 9.99. The Balaban J connectivity index is 1.56. The maximum absolute atomic E-state index is 13.5. The van der Waals surface area contributed by atoms with Crippen molar-refractivity contribution in [2.75, 3.05) is 14.2 Å².